The molecule has 0 atom stereocenters. The summed E-state index contributed by atoms with van der Waals surface area (Å²) in [5.74, 6) is 0.0433. The van der Waals surface area contributed by atoms with Gasteiger partial charge in [-0.3, -0.25) is 9.78 Å². The highest BCUT2D eigenvalue weighted by atomic mass is 16.2. The normalized spacial score (nSPS) is 18.4. The van der Waals surface area contributed by atoms with Crippen LogP contribution < -0.4 is 5.73 Å². The molecule has 1 amide bonds. The summed E-state index contributed by atoms with van der Waals surface area (Å²) in [5.41, 5.74) is 7.40. The van der Waals surface area contributed by atoms with Crippen molar-refractivity contribution in [1.29, 1.82) is 0 Å². The lowest BCUT2D eigenvalue weighted by Gasteiger charge is -2.38. The van der Waals surface area contributed by atoms with E-state index in [1.807, 2.05) is 11.0 Å². The Bertz CT molecular complexity index is 433. The molecular formula is C15H23N3O. The number of likely N-dealkylation sites (tertiary alicyclic amines) is 1. The molecule has 2 rings (SSSR count). The first-order valence-corrected chi connectivity index (χ1v) is 7.02. The van der Waals surface area contributed by atoms with Crippen molar-refractivity contribution < 1.29 is 4.79 Å². The third kappa shape index (κ3) is 3.13. The topological polar surface area (TPSA) is 59.2 Å². The van der Waals surface area contributed by atoms with Gasteiger partial charge in [0.2, 0.25) is 0 Å². The molecule has 104 valence electrons. The van der Waals surface area contributed by atoms with E-state index in [9.17, 15) is 4.79 Å². The van der Waals surface area contributed by atoms with Gasteiger partial charge in [-0.15, -0.1) is 0 Å². The Morgan fingerprint density at radius 1 is 1.42 bits per heavy atom. The molecule has 0 spiro atoms. The van der Waals surface area contributed by atoms with Gasteiger partial charge >= 0.3 is 0 Å². The monoisotopic (exact) mass is 261 g/mol. The summed E-state index contributed by atoms with van der Waals surface area (Å²) in [6, 6.07) is 3.65. The van der Waals surface area contributed by atoms with Gasteiger partial charge in [0.05, 0.1) is 0 Å². The number of carbonyl (C=O) groups excluding carboxylic acids is 1. The number of piperidine rings is 1. The van der Waals surface area contributed by atoms with Gasteiger partial charge in [-0.2, -0.15) is 0 Å². The third-order valence-corrected chi connectivity index (χ3v) is 4.39. The van der Waals surface area contributed by atoms with Crippen molar-refractivity contribution >= 4 is 5.91 Å². The Morgan fingerprint density at radius 2 is 2.11 bits per heavy atom. The molecule has 0 aromatic carbocycles. The van der Waals surface area contributed by atoms with E-state index in [1.165, 1.54) is 6.42 Å². The van der Waals surface area contributed by atoms with Crippen LogP contribution in [-0.4, -0.2) is 28.9 Å². The molecule has 1 aliphatic heterocycles. The zero-order valence-corrected chi connectivity index (χ0v) is 11.9. The molecule has 19 heavy (non-hydrogen) atoms. The number of carbonyl (C=O) groups is 1. The minimum absolute atomic E-state index is 0.0433. The van der Waals surface area contributed by atoms with Gasteiger partial charge < -0.3 is 10.6 Å². The van der Waals surface area contributed by atoms with Gasteiger partial charge in [0.1, 0.15) is 5.69 Å². The standard InChI is InChI=1S/C15H23N3O/c1-3-15(2)6-8-18(9-7-15)14(19)13-5-4-12(10-16)11-17-13/h4-5,11H,3,6-10,16H2,1-2H3. The van der Waals surface area contributed by atoms with Crippen LogP contribution in [0.5, 0.6) is 0 Å². The number of hydrogen-bond donors (Lipinski definition) is 1. The zero-order chi connectivity index (χ0) is 13.9. The lowest BCUT2D eigenvalue weighted by molar-refractivity contribution is 0.0594. The number of amides is 1. The maximum Gasteiger partial charge on any atom is 0.272 e. The molecule has 2 N–H and O–H groups in total. The second kappa shape index (κ2) is 5.70. The van der Waals surface area contributed by atoms with Crippen molar-refractivity contribution in [2.75, 3.05) is 13.1 Å². The van der Waals surface area contributed by atoms with Gasteiger partial charge in [-0.05, 0) is 29.9 Å². The zero-order valence-electron chi connectivity index (χ0n) is 11.9. The van der Waals surface area contributed by atoms with Crippen molar-refractivity contribution in [3.05, 3.63) is 29.6 Å². The van der Waals surface area contributed by atoms with E-state index in [2.05, 4.69) is 18.8 Å². The molecule has 4 nitrogen and oxygen atoms in total. The number of hydrogen-bond acceptors (Lipinski definition) is 3. The van der Waals surface area contributed by atoms with E-state index >= 15 is 0 Å². The Hall–Kier alpha value is -1.42. The first-order valence-electron chi connectivity index (χ1n) is 7.02. The average molecular weight is 261 g/mol. The van der Waals surface area contributed by atoms with Gasteiger partial charge in [0, 0.05) is 25.8 Å². The highest BCUT2D eigenvalue weighted by Gasteiger charge is 2.30. The highest BCUT2D eigenvalue weighted by Crippen LogP contribution is 2.34. The van der Waals surface area contributed by atoms with E-state index in [0.29, 0.717) is 17.7 Å². The van der Waals surface area contributed by atoms with Crippen LogP contribution in [0.25, 0.3) is 0 Å². The molecular weight excluding hydrogens is 238 g/mol. The van der Waals surface area contributed by atoms with E-state index in [0.717, 1.165) is 31.5 Å². The molecule has 1 aliphatic rings. The van der Waals surface area contributed by atoms with Crippen molar-refractivity contribution in [3.63, 3.8) is 0 Å². The quantitative estimate of drug-likeness (QED) is 0.907. The van der Waals surface area contributed by atoms with Crippen LogP contribution in [0.2, 0.25) is 0 Å². The summed E-state index contributed by atoms with van der Waals surface area (Å²) in [7, 11) is 0. The van der Waals surface area contributed by atoms with Crippen molar-refractivity contribution in [3.8, 4) is 0 Å². The lowest BCUT2D eigenvalue weighted by Crippen LogP contribution is -2.42. The first kappa shape index (κ1) is 14.0. The summed E-state index contributed by atoms with van der Waals surface area (Å²) >= 11 is 0. The molecule has 2 heterocycles. The fourth-order valence-corrected chi connectivity index (χ4v) is 2.44. The molecule has 0 unspecified atom stereocenters. The Morgan fingerprint density at radius 3 is 2.58 bits per heavy atom. The number of pyridine rings is 1. The van der Waals surface area contributed by atoms with Crippen LogP contribution in [0.15, 0.2) is 18.3 Å². The predicted octanol–water partition coefficient (Wildman–Crippen LogP) is 2.19. The van der Waals surface area contributed by atoms with E-state index < -0.39 is 0 Å². The highest BCUT2D eigenvalue weighted by molar-refractivity contribution is 5.92. The van der Waals surface area contributed by atoms with Crippen LogP contribution in [-0.2, 0) is 6.54 Å². The summed E-state index contributed by atoms with van der Waals surface area (Å²) in [5, 5.41) is 0. The molecule has 0 bridgehead atoms. The van der Waals surface area contributed by atoms with E-state index in [1.54, 1.807) is 12.3 Å². The number of nitrogens with zero attached hydrogens (tertiary/aromatic N) is 2. The third-order valence-electron chi connectivity index (χ3n) is 4.39. The fourth-order valence-electron chi connectivity index (χ4n) is 2.44. The lowest BCUT2D eigenvalue weighted by atomic mass is 9.78. The SMILES string of the molecule is CCC1(C)CCN(C(=O)c2ccc(CN)cn2)CC1. The second-order valence-corrected chi connectivity index (χ2v) is 5.71. The molecule has 1 fully saturated rings. The van der Waals surface area contributed by atoms with Crippen molar-refractivity contribution in [1.82, 2.24) is 9.88 Å². The maximum atomic E-state index is 12.3. The van der Waals surface area contributed by atoms with Crippen LogP contribution in [0.4, 0.5) is 0 Å². The molecule has 0 aliphatic carbocycles. The van der Waals surface area contributed by atoms with E-state index in [-0.39, 0.29) is 5.91 Å². The van der Waals surface area contributed by atoms with Crippen LogP contribution >= 0.6 is 0 Å². The maximum absolute atomic E-state index is 12.3. The van der Waals surface area contributed by atoms with Crippen LogP contribution in [0.1, 0.15) is 49.2 Å². The number of nitrogens with two attached hydrogens (primary N) is 1. The Labute approximate surface area is 115 Å². The Kier molecular flexibility index (Phi) is 4.20. The molecule has 1 saturated heterocycles. The Balaban J connectivity index is 2.00. The van der Waals surface area contributed by atoms with Crippen molar-refractivity contribution in [2.45, 2.75) is 39.7 Å². The fraction of sp³-hybridized carbons (Fsp3) is 0.600. The summed E-state index contributed by atoms with van der Waals surface area (Å²) in [6.07, 6.45) is 5.03. The van der Waals surface area contributed by atoms with Gasteiger partial charge in [0.15, 0.2) is 0 Å². The molecule has 1 aromatic heterocycles. The minimum Gasteiger partial charge on any atom is -0.337 e. The van der Waals surface area contributed by atoms with Crippen LogP contribution in [0.3, 0.4) is 0 Å². The second-order valence-electron chi connectivity index (χ2n) is 5.71. The molecule has 4 heteroatoms. The van der Waals surface area contributed by atoms with Gasteiger partial charge in [-0.25, -0.2) is 0 Å². The average Bonchev–Trinajstić information content (AvgIpc) is 2.47. The van der Waals surface area contributed by atoms with Crippen molar-refractivity contribution in [2.24, 2.45) is 11.1 Å². The largest absolute Gasteiger partial charge is 0.337 e. The summed E-state index contributed by atoms with van der Waals surface area (Å²) < 4.78 is 0. The summed E-state index contributed by atoms with van der Waals surface area (Å²) in [6.45, 7) is 6.67. The number of rotatable bonds is 3. The predicted molar refractivity (Wildman–Crippen MR) is 75.7 cm³/mol. The minimum atomic E-state index is 0.0433. The smallest absolute Gasteiger partial charge is 0.272 e. The van der Waals surface area contributed by atoms with Gasteiger partial charge in [-0.1, -0.05) is 26.3 Å². The van der Waals surface area contributed by atoms with E-state index in [4.69, 9.17) is 5.73 Å². The summed E-state index contributed by atoms with van der Waals surface area (Å²) in [4.78, 5) is 18.5. The number of aromatic nitrogens is 1. The molecule has 1 aromatic rings. The molecule has 0 radical (unpaired) electrons. The van der Waals surface area contributed by atoms with Gasteiger partial charge in [0.25, 0.3) is 5.91 Å². The first-order chi connectivity index (χ1) is 9.08. The molecule has 0 saturated carbocycles. The van der Waals surface area contributed by atoms with Crippen LogP contribution in [0, 0.1) is 5.41 Å².